The van der Waals surface area contributed by atoms with Gasteiger partial charge >= 0.3 is 6.03 Å². The second-order valence-electron chi connectivity index (χ2n) is 6.22. The molecule has 1 saturated heterocycles. The van der Waals surface area contributed by atoms with Crippen LogP contribution in [-0.4, -0.2) is 55.1 Å². The number of aryl methyl sites for hydroxylation is 1. The number of carbonyl (C=O) groups is 1. The van der Waals surface area contributed by atoms with E-state index in [9.17, 15) is 18.3 Å². The molecule has 0 radical (unpaired) electrons. The Hall–Kier alpha value is -1.76. The lowest BCUT2D eigenvalue weighted by Crippen LogP contribution is -2.47. The molecule has 2 N–H and O–H groups in total. The van der Waals surface area contributed by atoms with Crippen LogP contribution in [0.2, 0.25) is 0 Å². The molecular weight excluding hydrogens is 316 g/mol. The van der Waals surface area contributed by atoms with Crippen LogP contribution in [0.3, 0.4) is 0 Å². The van der Waals surface area contributed by atoms with Gasteiger partial charge in [0.1, 0.15) is 5.75 Å². The fraction of sp³-hybridized carbons (Fsp3) is 0.562. The van der Waals surface area contributed by atoms with Gasteiger partial charge < -0.3 is 15.3 Å². The van der Waals surface area contributed by atoms with Crippen LogP contribution < -0.4 is 5.32 Å². The number of nitrogens with one attached hydrogen (secondary N) is 1. The fourth-order valence-corrected chi connectivity index (χ4v) is 4.45. The van der Waals surface area contributed by atoms with E-state index in [0.717, 1.165) is 18.4 Å². The van der Waals surface area contributed by atoms with Crippen LogP contribution in [0.5, 0.6) is 5.75 Å². The average molecular weight is 340 g/mol. The first kappa shape index (κ1) is 17.6. The highest BCUT2D eigenvalue weighted by Gasteiger charge is 2.32. The van der Waals surface area contributed by atoms with E-state index in [1.807, 2.05) is 19.1 Å². The number of aromatic hydroxyl groups is 1. The van der Waals surface area contributed by atoms with E-state index in [1.54, 1.807) is 19.2 Å². The van der Waals surface area contributed by atoms with Crippen molar-refractivity contribution in [1.82, 2.24) is 10.2 Å². The molecule has 2 rings (SSSR count). The number of benzene rings is 1. The molecule has 1 aliphatic rings. The zero-order chi connectivity index (χ0) is 17.0. The summed E-state index contributed by atoms with van der Waals surface area (Å²) in [6.45, 7) is 1.93. The molecule has 0 aromatic heterocycles. The predicted molar refractivity (Wildman–Crippen MR) is 89.2 cm³/mol. The van der Waals surface area contributed by atoms with Crippen molar-refractivity contribution in [3.63, 3.8) is 0 Å². The quantitative estimate of drug-likeness (QED) is 0.851. The van der Waals surface area contributed by atoms with Crippen molar-refractivity contribution < 1.29 is 18.3 Å². The SMILES string of the molecule is C[C@@H](CCc1ccc(O)cc1)NC(=O)N(C)[C@H]1CCS(=O)(=O)C1. The Kier molecular flexibility index (Phi) is 5.51. The zero-order valence-electron chi connectivity index (χ0n) is 13.5. The molecule has 0 saturated carbocycles. The third kappa shape index (κ3) is 5.13. The Labute approximate surface area is 137 Å². The largest absolute Gasteiger partial charge is 0.508 e. The molecule has 0 unspecified atom stereocenters. The van der Waals surface area contributed by atoms with Gasteiger partial charge in [0, 0.05) is 19.1 Å². The molecule has 1 aliphatic heterocycles. The number of carbonyl (C=O) groups excluding carboxylic acids is 1. The monoisotopic (exact) mass is 340 g/mol. The van der Waals surface area contributed by atoms with E-state index >= 15 is 0 Å². The van der Waals surface area contributed by atoms with Gasteiger partial charge in [-0.15, -0.1) is 0 Å². The fourth-order valence-electron chi connectivity index (χ4n) is 2.68. The van der Waals surface area contributed by atoms with Crippen molar-refractivity contribution in [2.24, 2.45) is 0 Å². The maximum absolute atomic E-state index is 12.2. The van der Waals surface area contributed by atoms with Crippen LogP contribution in [0.25, 0.3) is 0 Å². The van der Waals surface area contributed by atoms with Gasteiger partial charge in [0.15, 0.2) is 9.84 Å². The van der Waals surface area contributed by atoms with Crippen molar-refractivity contribution in [3.8, 4) is 5.75 Å². The highest BCUT2D eigenvalue weighted by Crippen LogP contribution is 2.17. The minimum absolute atomic E-state index is 0.0169. The van der Waals surface area contributed by atoms with E-state index in [-0.39, 0.29) is 35.4 Å². The van der Waals surface area contributed by atoms with Crippen LogP contribution >= 0.6 is 0 Å². The molecule has 23 heavy (non-hydrogen) atoms. The maximum Gasteiger partial charge on any atom is 0.317 e. The molecule has 1 heterocycles. The minimum atomic E-state index is -2.99. The highest BCUT2D eigenvalue weighted by atomic mass is 32.2. The molecule has 7 heteroatoms. The number of rotatable bonds is 5. The standard InChI is InChI=1S/C16H24N2O4S/c1-12(3-4-13-5-7-15(19)8-6-13)17-16(20)18(2)14-9-10-23(21,22)11-14/h5-8,12,14,19H,3-4,9-11H2,1-2H3,(H,17,20)/t12-,14-/m0/s1. The van der Waals surface area contributed by atoms with Crippen molar-refractivity contribution in [3.05, 3.63) is 29.8 Å². The van der Waals surface area contributed by atoms with E-state index in [2.05, 4.69) is 5.32 Å². The normalized spacial score (nSPS) is 20.9. The Bertz CT molecular complexity index is 643. The van der Waals surface area contributed by atoms with Gasteiger partial charge in [-0.1, -0.05) is 12.1 Å². The smallest absolute Gasteiger partial charge is 0.317 e. The summed E-state index contributed by atoms with van der Waals surface area (Å²) < 4.78 is 23.0. The molecular formula is C16H24N2O4S. The Balaban J connectivity index is 1.79. The van der Waals surface area contributed by atoms with Crippen LogP contribution in [-0.2, 0) is 16.3 Å². The average Bonchev–Trinajstić information content (AvgIpc) is 2.86. The lowest BCUT2D eigenvalue weighted by molar-refractivity contribution is 0.191. The first-order chi connectivity index (χ1) is 10.8. The molecule has 0 spiro atoms. The van der Waals surface area contributed by atoms with Crippen LogP contribution in [0.4, 0.5) is 4.79 Å². The third-order valence-electron chi connectivity index (χ3n) is 4.25. The molecule has 0 bridgehead atoms. The Morgan fingerprint density at radius 1 is 1.39 bits per heavy atom. The second kappa shape index (κ2) is 7.21. The van der Waals surface area contributed by atoms with Gasteiger partial charge in [0.2, 0.25) is 0 Å². The van der Waals surface area contributed by atoms with Crippen LogP contribution in [0.15, 0.2) is 24.3 Å². The van der Waals surface area contributed by atoms with E-state index in [0.29, 0.717) is 6.42 Å². The van der Waals surface area contributed by atoms with Crippen molar-refractivity contribution in [2.45, 2.75) is 38.3 Å². The van der Waals surface area contributed by atoms with Crippen LogP contribution in [0, 0.1) is 0 Å². The summed E-state index contributed by atoms with van der Waals surface area (Å²) in [4.78, 5) is 13.7. The van der Waals surface area contributed by atoms with E-state index < -0.39 is 9.84 Å². The Morgan fingerprint density at radius 3 is 2.61 bits per heavy atom. The van der Waals surface area contributed by atoms with Gasteiger partial charge in [0.05, 0.1) is 11.5 Å². The summed E-state index contributed by atoms with van der Waals surface area (Å²) in [6.07, 6.45) is 2.07. The van der Waals surface area contributed by atoms with Crippen LogP contribution in [0.1, 0.15) is 25.3 Å². The summed E-state index contributed by atoms with van der Waals surface area (Å²) >= 11 is 0. The maximum atomic E-state index is 12.2. The molecule has 1 aromatic carbocycles. The molecule has 6 nitrogen and oxygen atoms in total. The first-order valence-electron chi connectivity index (χ1n) is 7.78. The summed E-state index contributed by atoms with van der Waals surface area (Å²) in [5, 5.41) is 12.2. The van der Waals surface area contributed by atoms with Crippen molar-refractivity contribution in [2.75, 3.05) is 18.6 Å². The lowest BCUT2D eigenvalue weighted by atomic mass is 10.1. The summed E-state index contributed by atoms with van der Waals surface area (Å²) in [5.41, 5.74) is 1.10. The molecule has 2 amide bonds. The van der Waals surface area contributed by atoms with Gasteiger partial charge in [-0.3, -0.25) is 0 Å². The van der Waals surface area contributed by atoms with Gasteiger partial charge in [0.25, 0.3) is 0 Å². The summed E-state index contributed by atoms with van der Waals surface area (Å²) in [7, 11) is -1.35. The van der Waals surface area contributed by atoms with E-state index in [1.165, 1.54) is 4.90 Å². The van der Waals surface area contributed by atoms with Gasteiger partial charge in [-0.2, -0.15) is 0 Å². The molecule has 1 fully saturated rings. The zero-order valence-corrected chi connectivity index (χ0v) is 14.3. The van der Waals surface area contributed by atoms with Gasteiger partial charge in [-0.25, -0.2) is 13.2 Å². The summed E-state index contributed by atoms with van der Waals surface area (Å²) in [5.74, 6) is 0.452. The lowest BCUT2D eigenvalue weighted by Gasteiger charge is -2.26. The van der Waals surface area contributed by atoms with Crippen molar-refractivity contribution >= 4 is 15.9 Å². The number of urea groups is 1. The second-order valence-corrected chi connectivity index (χ2v) is 8.45. The number of phenolic OH excluding ortho intramolecular Hbond substituents is 1. The number of hydrogen-bond donors (Lipinski definition) is 2. The molecule has 0 aliphatic carbocycles. The number of phenols is 1. The van der Waals surface area contributed by atoms with Crippen molar-refractivity contribution in [1.29, 1.82) is 0 Å². The number of hydrogen-bond acceptors (Lipinski definition) is 4. The summed E-state index contributed by atoms with van der Waals surface area (Å²) in [6, 6.07) is 6.53. The molecule has 128 valence electrons. The molecule has 1 aromatic rings. The number of nitrogens with zero attached hydrogens (tertiary/aromatic N) is 1. The molecule has 2 atom stereocenters. The number of amides is 2. The first-order valence-corrected chi connectivity index (χ1v) is 9.60. The minimum Gasteiger partial charge on any atom is -0.508 e. The Morgan fingerprint density at radius 2 is 2.04 bits per heavy atom. The third-order valence-corrected chi connectivity index (χ3v) is 6.00. The predicted octanol–water partition coefficient (Wildman–Crippen LogP) is 1.54. The number of sulfone groups is 1. The highest BCUT2D eigenvalue weighted by molar-refractivity contribution is 7.91. The topological polar surface area (TPSA) is 86.7 Å². The van der Waals surface area contributed by atoms with E-state index in [4.69, 9.17) is 0 Å². The van der Waals surface area contributed by atoms with Gasteiger partial charge in [-0.05, 0) is 43.9 Å².